The summed E-state index contributed by atoms with van der Waals surface area (Å²) < 4.78 is 10.7. The van der Waals surface area contributed by atoms with Gasteiger partial charge in [0, 0.05) is 5.39 Å². The molecule has 2 aromatic carbocycles. The Morgan fingerprint density at radius 3 is 2.47 bits per heavy atom. The van der Waals surface area contributed by atoms with E-state index in [1.807, 2.05) is 24.3 Å². The maximum atomic E-state index is 5.61. The number of hydrogen-bond acceptors (Lipinski definition) is 3. The molecule has 3 heteroatoms. The lowest BCUT2D eigenvalue weighted by Gasteiger charge is -2.11. The van der Waals surface area contributed by atoms with Gasteiger partial charge in [-0.05, 0) is 42.1 Å². The Morgan fingerprint density at radius 2 is 1.82 bits per heavy atom. The van der Waals surface area contributed by atoms with E-state index in [9.17, 15) is 0 Å². The van der Waals surface area contributed by atoms with Gasteiger partial charge in [-0.3, -0.25) is 0 Å². The summed E-state index contributed by atoms with van der Waals surface area (Å²) in [5.74, 6) is 1.76. The molecule has 2 aromatic rings. The zero-order chi connectivity index (χ0) is 12.3. The van der Waals surface area contributed by atoms with Crippen molar-refractivity contribution in [1.82, 2.24) is 0 Å². The lowest BCUT2D eigenvalue weighted by Crippen LogP contribution is -2.04. The molecule has 2 rings (SSSR count). The molecular weight excluding hydrogens is 214 g/mol. The minimum atomic E-state index is 0.608. The van der Waals surface area contributed by atoms with Gasteiger partial charge in [0.1, 0.15) is 11.5 Å². The van der Waals surface area contributed by atoms with Crippen molar-refractivity contribution in [2.75, 3.05) is 20.8 Å². The van der Waals surface area contributed by atoms with E-state index in [0.29, 0.717) is 6.54 Å². The first kappa shape index (κ1) is 11.7. The van der Waals surface area contributed by atoms with Crippen LogP contribution in [0.1, 0.15) is 5.56 Å². The van der Waals surface area contributed by atoms with Crippen molar-refractivity contribution >= 4 is 10.8 Å². The van der Waals surface area contributed by atoms with Crippen LogP contribution >= 0.6 is 0 Å². The number of fused-ring (bicyclic) bond motifs is 1. The first-order valence-electron chi connectivity index (χ1n) is 5.64. The molecule has 0 amide bonds. The van der Waals surface area contributed by atoms with Crippen LogP contribution in [0.2, 0.25) is 0 Å². The van der Waals surface area contributed by atoms with Gasteiger partial charge in [-0.1, -0.05) is 12.1 Å². The zero-order valence-corrected chi connectivity index (χ0v) is 10.2. The van der Waals surface area contributed by atoms with Crippen molar-refractivity contribution in [2.45, 2.75) is 6.42 Å². The highest BCUT2D eigenvalue weighted by molar-refractivity contribution is 5.90. The summed E-state index contributed by atoms with van der Waals surface area (Å²) in [6, 6.07) is 10.1. The monoisotopic (exact) mass is 231 g/mol. The average Bonchev–Trinajstić information content (AvgIpc) is 2.37. The molecule has 0 radical (unpaired) electrons. The predicted octanol–water partition coefficient (Wildman–Crippen LogP) is 2.36. The average molecular weight is 231 g/mol. The fourth-order valence-corrected chi connectivity index (χ4v) is 2.04. The molecule has 3 nitrogen and oxygen atoms in total. The Morgan fingerprint density at radius 1 is 1.06 bits per heavy atom. The van der Waals surface area contributed by atoms with Crippen LogP contribution < -0.4 is 15.2 Å². The fourth-order valence-electron chi connectivity index (χ4n) is 2.04. The molecule has 90 valence electrons. The molecule has 0 heterocycles. The van der Waals surface area contributed by atoms with Gasteiger partial charge >= 0.3 is 0 Å². The number of ether oxygens (including phenoxy) is 2. The maximum Gasteiger partial charge on any atom is 0.126 e. The van der Waals surface area contributed by atoms with Crippen molar-refractivity contribution in [2.24, 2.45) is 5.73 Å². The molecule has 0 atom stereocenters. The van der Waals surface area contributed by atoms with Crippen molar-refractivity contribution < 1.29 is 9.47 Å². The second kappa shape index (κ2) is 5.06. The number of benzene rings is 2. The molecule has 0 fully saturated rings. The summed E-state index contributed by atoms with van der Waals surface area (Å²) in [5.41, 5.74) is 6.73. The Kier molecular flexibility index (Phi) is 3.49. The van der Waals surface area contributed by atoms with Crippen LogP contribution in [0.15, 0.2) is 30.3 Å². The van der Waals surface area contributed by atoms with Crippen LogP contribution in [0, 0.1) is 0 Å². The standard InChI is InChI=1S/C14H17NO2/c1-16-13-5-3-4-10-9-14(17-2)11(6-7-15)8-12(10)13/h3-5,8-9H,6-7,15H2,1-2H3. The molecule has 0 unspecified atom stereocenters. The summed E-state index contributed by atoms with van der Waals surface area (Å²) in [4.78, 5) is 0. The van der Waals surface area contributed by atoms with Crippen LogP contribution in [0.4, 0.5) is 0 Å². The lowest BCUT2D eigenvalue weighted by atomic mass is 10.0. The second-order valence-electron chi connectivity index (χ2n) is 3.88. The molecule has 2 N–H and O–H groups in total. The molecular formula is C14H17NO2. The molecule has 0 aromatic heterocycles. The second-order valence-corrected chi connectivity index (χ2v) is 3.88. The van der Waals surface area contributed by atoms with Gasteiger partial charge < -0.3 is 15.2 Å². The number of nitrogens with two attached hydrogens (primary N) is 1. The smallest absolute Gasteiger partial charge is 0.126 e. The summed E-state index contributed by atoms with van der Waals surface area (Å²) in [6.45, 7) is 0.608. The molecule has 0 spiro atoms. The number of methoxy groups -OCH3 is 2. The van der Waals surface area contributed by atoms with Crippen LogP contribution in [0.5, 0.6) is 11.5 Å². The summed E-state index contributed by atoms with van der Waals surface area (Å²) in [5, 5.41) is 2.21. The van der Waals surface area contributed by atoms with Gasteiger partial charge in [0.05, 0.1) is 14.2 Å². The van der Waals surface area contributed by atoms with Gasteiger partial charge in [0.2, 0.25) is 0 Å². The lowest BCUT2D eigenvalue weighted by molar-refractivity contribution is 0.409. The van der Waals surface area contributed by atoms with E-state index in [4.69, 9.17) is 15.2 Å². The number of rotatable bonds is 4. The normalized spacial score (nSPS) is 10.5. The van der Waals surface area contributed by atoms with E-state index in [1.54, 1.807) is 14.2 Å². The van der Waals surface area contributed by atoms with Crippen molar-refractivity contribution in [3.63, 3.8) is 0 Å². The van der Waals surface area contributed by atoms with E-state index in [-0.39, 0.29) is 0 Å². The first-order valence-corrected chi connectivity index (χ1v) is 5.64. The maximum absolute atomic E-state index is 5.61. The van der Waals surface area contributed by atoms with Crippen molar-refractivity contribution in [1.29, 1.82) is 0 Å². The number of hydrogen-bond donors (Lipinski definition) is 1. The first-order chi connectivity index (χ1) is 8.30. The third kappa shape index (κ3) is 2.19. The molecule has 0 bridgehead atoms. The minimum absolute atomic E-state index is 0.608. The van der Waals surface area contributed by atoms with Crippen LogP contribution in [0.3, 0.4) is 0 Å². The predicted molar refractivity (Wildman–Crippen MR) is 69.8 cm³/mol. The third-order valence-electron chi connectivity index (χ3n) is 2.88. The zero-order valence-electron chi connectivity index (χ0n) is 10.2. The van der Waals surface area contributed by atoms with Crippen LogP contribution in [0.25, 0.3) is 10.8 Å². The molecule has 17 heavy (non-hydrogen) atoms. The topological polar surface area (TPSA) is 44.5 Å². The Hall–Kier alpha value is -1.74. The van der Waals surface area contributed by atoms with Crippen molar-refractivity contribution in [3.8, 4) is 11.5 Å². The highest BCUT2D eigenvalue weighted by Gasteiger charge is 2.07. The van der Waals surface area contributed by atoms with Gasteiger partial charge in [0.25, 0.3) is 0 Å². The quantitative estimate of drug-likeness (QED) is 0.878. The summed E-state index contributed by atoms with van der Waals surface area (Å²) in [6.07, 6.45) is 0.803. The van der Waals surface area contributed by atoms with Gasteiger partial charge in [-0.2, -0.15) is 0 Å². The van der Waals surface area contributed by atoms with E-state index < -0.39 is 0 Å². The highest BCUT2D eigenvalue weighted by atomic mass is 16.5. The van der Waals surface area contributed by atoms with Crippen molar-refractivity contribution in [3.05, 3.63) is 35.9 Å². The van der Waals surface area contributed by atoms with Crippen LogP contribution in [-0.2, 0) is 6.42 Å². The highest BCUT2D eigenvalue weighted by Crippen LogP contribution is 2.31. The fraction of sp³-hybridized carbons (Fsp3) is 0.286. The molecule has 0 saturated carbocycles. The third-order valence-corrected chi connectivity index (χ3v) is 2.88. The largest absolute Gasteiger partial charge is 0.496 e. The summed E-state index contributed by atoms with van der Waals surface area (Å²) >= 11 is 0. The van der Waals surface area contributed by atoms with E-state index in [1.165, 1.54) is 0 Å². The van der Waals surface area contributed by atoms with Gasteiger partial charge in [0.15, 0.2) is 0 Å². The van der Waals surface area contributed by atoms with E-state index in [2.05, 4.69) is 6.07 Å². The SMILES string of the molecule is COc1cc2cccc(OC)c2cc1CCN. The van der Waals surface area contributed by atoms with E-state index >= 15 is 0 Å². The summed E-state index contributed by atoms with van der Waals surface area (Å²) in [7, 11) is 3.36. The van der Waals surface area contributed by atoms with Gasteiger partial charge in [-0.15, -0.1) is 0 Å². The Bertz CT molecular complexity index is 523. The minimum Gasteiger partial charge on any atom is -0.496 e. The van der Waals surface area contributed by atoms with Gasteiger partial charge in [-0.25, -0.2) is 0 Å². The molecule has 0 aliphatic heterocycles. The Balaban J connectivity index is 2.65. The molecule has 0 aliphatic carbocycles. The van der Waals surface area contributed by atoms with Crippen LogP contribution in [-0.4, -0.2) is 20.8 Å². The Labute approximate surface area is 101 Å². The molecule has 0 saturated heterocycles. The molecule has 0 aliphatic rings. The van der Waals surface area contributed by atoms with E-state index in [0.717, 1.165) is 34.3 Å².